The highest BCUT2D eigenvalue weighted by Gasteiger charge is 2.40. The Hall–Kier alpha value is -2.20. The molecule has 1 aliphatic rings. The highest BCUT2D eigenvalue weighted by molar-refractivity contribution is 7.89. The fourth-order valence-corrected chi connectivity index (χ4v) is 3.84. The van der Waals surface area contributed by atoms with Crippen LogP contribution in [0.2, 0.25) is 0 Å². The molecule has 0 amide bonds. The molecular weight excluding hydrogens is 364 g/mol. The van der Waals surface area contributed by atoms with Crippen molar-refractivity contribution in [1.29, 1.82) is 0 Å². The van der Waals surface area contributed by atoms with Crippen molar-refractivity contribution in [2.45, 2.75) is 17.2 Å². The van der Waals surface area contributed by atoms with Gasteiger partial charge in [0, 0.05) is 6.07 Å². The van der Waals surface area contributed by atoms with Crippen LogP contribution in [0.3, 0.4) is 0 Å². The molecule has 0 atom stereocenters. The molecule has 0 N–H and O–H groups in total. The normalized spacial score (nSPS) is 16.5. The van der Waals surface area contributed by atoms with Gasteiger partial charge in [0.15, 0.2) is 0 Å². The van der Waals surface area contributed by atoms with Crippen molar-refractivity contribution in [3.63, 3.8) is 0 Å². The molecule has 1 aromatic carbocycles. The van der Waals surface area contributed by atoms with E-state index in [1.54, 1.807) is 0 Å². The zero-order valence-electron chi connectivity index (χ0n) is 12.6. The number of alkyl halides is 3. The molecular formula is C15H12F4N2O3S. The number of hydrogen-bond acceptors (Lipinski definition) is 4. The average Bonchev–Trinajstić information content (AvgIpc) is 2.50. The molecule has 0 spiro atoms. The topological polar surface area (TPSA) is 59.5 Å². The molecule has 0 radical (unpaired) electrons. The Bertz CT molecular complexity index is 880. The molecule has 1 aliphatic heterocycles. The zero-order chi connectivity index (χ0) is 18.2. The van der Waals surface area contributed by atoms with Crippen molar-refractivity contribution in [3.8, 4) is 5.88 Å². The standard InChI is InChI=1S/C15H12F4N2O3S/c16-11-4-1-2-5-12(11)25(22,23)21-8-10(9-21)24-14-7-3-6-13(20-14)15(17,18)19/h1-7,10H,8-9H2. The van der Waals surface area contributed by atoms with Gasteiger partial charge in [-0.3, -0.25) is 0 Å². The van der Waals surface area contributed by atoms with Crippen LogP contribution in [0.25, 0.3) is 0 Å². The van der Waals surface area contributed by atoms with E-state index in [-0.39, 0.29) is 19.0 Å². The molecule has 25 heavy (non-hydrogen) atoms. The van der Waals surface area contributed by atoms with E-state index in [0.29, 0.717) is 0 Å². The minimum Gasteiger partial charge on any atom is -0.472 e. The zero-order valence-corrected chi connectivity index (χ0v) is 13.4. The fraction of sp³-hybridized carbons (Fsp3) is 0.267. The first-order valence-electron chi connectivity index (χ1n) is 7.13. The summed E-state index contributed by atoms with van der Waals surface area (Å²) >= 11 is 0. The molecule has 2 heterocycles. The van der Waals surface area contributed by atoms with Gasteiger partial charge in [0.25, 0.3) is 0 Å². The van der Waals surface area contributed by atoms with Crippen LogP contribution in [0.1, 0.15) is 5.69 Å². The monoisotopic (exact) mass is 376 g/mol. The van der Waals surface area contributed by atoms with Crippen LogP contribution in [0.15, 0.2) is 47.4 Å². The Morgan fingerprint density at radius 2 is 1.76 bits per heavy atom. The third-order valence-electron chi connectivity index (χ3n) is 3.57. The van der Waals surface area contributed by atoms with Crippen LogP contribution in [0.4, 0.5) is 17.6 Å². The molecule has 3 rings (SSSR count). The average molecular weight is 376 g/mol. The van der Waals surface area contributed by atoms with Crippen molar-refractivity contribution in [2.75, 3.05) is 13.1 Å². The Labute approximate surface area is 140 Å². The summed E-state index contributed by atoms with van der Waals surface area (Å²) in [5.74, 6) is -1.12. The first-order valence-corrected chi connectivity index (χ1v) is 8.57. The maximum Gasteiger partial charge on any atom is 0.433 e. The number of hydrogen-bond donors (Lipinski definition) is 0. The van der Waals surface area contributed by atoms with Crippen LogP contribution >= 0.6 is 0 Å². The molecule has 0 bridgehead atoms. The van der Waals surface area contributed by atoms with Gasteiger partial charge in [-0.15, -0.1) is 0 Å². The molecule has 5 nitrogen and oxygen atoms in total. The van der Waals surface area contributed by atoms with Gasteiger partial charge < -0.3 is 4.74 Å². The molecule has 0 aliphatic carbocycles. The van der Waals surface area contributed by atoms with E-state index in [1.165, 1.54) is 18.2 Å². The lowest BCUT2D eigenvalue weighted by atomic mass is 10.2. The second kappa shape index (κ2) is 6.26. The van der Waals surface area contributed by atoms with Gasteiger partial charge in [-0.1, -0.05) is 18.2 Å². The Balaban J connectivity index is 1.66. The Morgan fingerprint density at radius 3 is 2.40 bits per heavy atom. The number of rotatable bonds is 4. The van der Waals surface area contributed by atoms with Crippen molar-refractivity contribution < 1.29 is 30.7 Å². The highest BCUT2D eigenvalue weighted by atomic mass is 32.2. The molecule has 0 unspecified atom stereocenters. The molecule has 0 saturated carbocycles. The third-order valence-corrected chi connectivity index (χ3v) is 5.44. The maximum atomic E-state index is 13.7. The summed E-state index contributed by atoms with van der Waals surface area (Å²) < 4.78 is 82.3. The summed E-state index contributed by atoms with van der Waals surface area (Å²) in [6.07, 6.45) is -5.25. The maximum absolute atomic E-state index is 13.7. The number of ether oxygens (including phenoxy) is 1. The Morgan fingerprint density at radius 1 is 1.08 bits per heavy atom. The SMILES string of the molecule is O=S(=O)(c1ccccc1F)N1CC(Oc2cccc(C(F)(F)F)n2)C1. The molecule has 1 saturated heterocycles. The van der Waals surface area contributed by atoms with E-state index in [2.05, 4.69) is 4.98 Å². The number of aromatic nitrogens is 1. The van der Waals surface area contributed by atoms with E-state index in [1.807, 2.05) is 0 Å². The van der Waals surface area contributed by atoms with Crippen LogP contribution in [0.5, 0.6) is 5.88 Å². The second-order valence-electron chi connectivity index (χ2n) is 5.35. The van der Waals surface area contributed by atoms with Gasteiger partial charge in [0.2, 0.25) is 15.9 Å². The lowest BCUT2D eigenvalue weighted by Gasteiger charge is -2.37. The first kappa shape index (κ1) is 17.6. The lowest BCUT2D eigenvalue weighted by molar-refractivity contribution is -0.141. The molecule has 1 aromatic heterocycles. The molecule has 10 heteroatoms. The smallest absolute Gasteiger partial charge is 0.433 e. The number of benzene rings is 1. The van der Waals surface area contributed by atoms with Gasteiger partial charge in [0.05, 0.1) is 13.1 Å². The largest absolute Gasteiger partial charge is 0.472 e. The summed E-state index contributed by atoms with van der Waals surface area (Å²) in [5, 5.41) is 0. The van der Waals surface area contributed by atoms with E-state index >= 15 is 0 Å². The fourth-order valence-electron chi connectivity index (χ4n) is 2.27. The van der Waals surface area contributed by atoms with Gasteiger partial charge in [-0.05, 0) is 18.2 Å². The van der Waals surface area contributed by atoms with Crippen molar-refractivity contribution in [3.05, 3.63) is 54.0 Å². The summed E-state index contributed by atoms with van der Waals surface area (Å²) in [6, 6.07) is 8.16. The highest BCUT2D eigenvalue weighted by Crippen LogP contribution is 2.30. The lowest BCUT2D eigenvalue weighted by Crippen LogP contribution is -2.56. The number of sulfonamides is 1. The third kappa shape index (κ3) is 3.59. The van der Waals surface area contributed by atoms with Gasteiger partial charge in [0.1, 0.15) is 22.5 Å². The summed E-state index contributed by atoms with van der Waals surface area (Å²) in [6.45, 7) is -0.205. The minimum absolute atomic E-state index is 0.103. The molecule has 134 valence electrons. The van der Waals surface area contributed by atoms with E-state index in [9.17, 15) is 26.0 Å². The van der Waals surface area contributed by atoms with E-state index in [4.69, 9.17) is 4.74 Å². The quantitative estimate of drug-likeness (QED) is 0.770. The predicted octanol–water partition coefficient (Wildman–Crippen LogP) is 2.69. The van der Waals surface area contributed by atoms with Gasteiger partial charge in [-0.2, -0.15) is 17.5 Å². The van der Waals surface area contributed by atoms with Crippen molar-refractivity contribution >= 4 is 10.0 Å². The number of halogens is 4. The number of nitrogens with zero attached hydrogens (tertiary/aromatic N) is 2. The summed E-state index contributed by atoms with van der Waals surface area (Å²) in [5.41, 5.74) is -1.10. The van der Waals surface area contributed by atoms with Crippen LogP contribution in [-0.4, -0.2) is 36.9 Å². The first-order chi connectivity index (χ1) is 11.7. The van der Waals surface area contributed by atoms with Crippen molar-refractivity contribution in [1.82, 2.24) is 9.29 Å². The van der Waals surface area contributed by atoms with Crippen molar-refractivity contribution in [2.24, 2.45) is 0 Å². The van der Waals surface area contributed by atoms with Crippen LogP contribution in [0, 0.1) is 5.82 Å². The van der Waals surface area contributed by atoms with E-state index < -0.39 is 38.7 Å². The van der Waals surface area contributed by atoms with E-state index in [0.717, 1.165) is 28.6 Å². The van der Waals surface area contributed by atoms with Gasteiger partial charge in [-0.25, -0.2) is 17.8 Å². The van der Waals surface area contributed by atoms with Crippen LogP contribution < -0.4 is 4.74 Å². The Kier molecular flexibility index (Phi) is 4.41. The molecule has 2 aromatic rings. The molecule has 1 fully saturated rings. The number of pyridine rings is 1. The van der Waals surface area contributed by atoms with Crippen LogP contribution in [-0.2, 0) is 16.2 Å². The minimum atomic E-state index is -4.60. The predicted molar refractivity (Wildman–Crippen MR) is 78.8 cm³/mol. The second-order valence-corrected chi connectivity index (χ2v) is 7.26. The summed E-state index contributed by atoms with van der Waals surface area (Å²) in [4.78, 5) is 2.90. The summed E-state index contributed by atoms with van der Waals surface area (Å²) in [7, 11) is -4.01. The van der Waals surface area contributed by atoms with Gasteiger partial charge >= 0.3 is 6.18 Å².